The normalized spacial score (nSPS) is 16.7. The van der Waals surface area contributed by atoms with Crippen LogP contribution in [0.4, 0.5) is 0 Å². The Labute approximate surface area is 177 Å². The van der Waals surface area contributed by atoms with Gasteiger partial charge in [-0.25, -0.2) is 0 Å². The molecule has 0 aliphatic heterocycles. The average Bonchev–Trinajstić information content (AvgIpc) is 3.03. The van der Waals surface area contributed by atoms with Gasteiger partial charge >= 0.3 is 0 Å². The van der Waals surface area contributed by atoms with E-state index in [1.165, 1.54) is 11.1 Å². The molecule has 0 aromatic heterocycles. The van der Waals surface area contributed by atoms with Gasteiger partial charge in [0.2, 0.25) is 5.91 Å². The summed E-state index contributed by atoms with van der Waals surface area (Å²) in [5.74, 6) is -0.530. The Hall–Kier alpha value is -3.40. The van der Waals surface area contributed by atoms with Gasteiger partial charge < -0.3 is 10.6 Å². The third-order valence-electron chi connectivity index (χ3n) is 6.03. The van der Waals surface area contributed by atoms with Crippen molar-refractivity contribution in [2.75, 3.05) is 0 Å². The van der Waals surface area contributed by atoms with E-state index in [4.69, 9.17) is 5.73 Å². The van der Waals surface area contributed by atoms with E-state index in [1.54, 1.807) is 12.1 Å². The summed E-state index contributed by atoms with van der Waals surface area (Å²) in [6.45, 7) is 4.75. The molecule has 1 aliphatic rings. The lowest BCUT2D eigenvalue weighted by Crippen LogP contribution is -2.35. The first kappa shape index (κ1) is 19.9. The Bertz CT molecular complexity index is 1090. The van der Waals surface area contributed by atoms with Gasteiger partial charge in [0, 0.05) is 17.7 Å². The van der Waals surface area contributed by atoms with Gasteiger partial charge in [-0.05, 0) is 46.7 Å². The summed E-state index contributed by atoms with van der Waals surface area (Å²) in [4.78, 5) is 27.5. The highest BCUT2D eigenvalue weighted by atomic mass is 16.2. The molecule has 3 aromatic rings. The van der Waals surface area contributed by atoms with Crippen molar-refractivity contribution in [1.82, 2.24) is 4.90 Å². The molecule has 1 atom stereocenters. The number of rotatable bonds is 5. The van der Waals surface area contributed by atoms with Gasteiger partial charge in [-0.3, -0.25) is 9.59 Å². The maximum absolute atomic E-state index is 13.6. The predicted molar refractivity (Wildman–Crippen MR) is 118 cm³/mol. The molecule has 30 heavy (non-hydrogen) atoms. The SMILES string of the molecule is CC1(C)C[C@@H](N(Cc2ccccc2C(N)=O)C(=O)c2ccccc2)c2ccccc21. The van der Waals surface area contributed by atoms with E-state index in [-0.39, 0.29) is 17.4 Å². The number of fused-ring (bicyclic) bond motifs is 1. The third kappa shape index (κ3) is 3.61. The van der Waals surface area contributed by atoms with Crippen LogP contribution < -0.4 is 5.73 Å². The summed E-state index contributed by atoms with van der Waals surface area (Å²) in [5.41, 5.74) is 9.85. The van der Waals surface area contributed by atoms with Crippen molar-refractivity contribution in [3.8, 4) is 0 Å². The van der Waals surface area contributed by atoms with Crippen LogP contribution in [0.25, 0.3) is 0 Å². The van der Waals surface area contributed by atoms with Crippen LogP contribution >= 0.6 is 0 Å². The van der Waals surface area contributed by atoms with Crippen molar-refractivity contribution in [3.05, 3.63) is 107 Å². The molecule has 0 radical (unpaired) electrons. The highest BCUT2D eigenvalue weighted by molar-refractivity contribution is 5.96. The second kappa shape index (κ2) is 7.79. The lowest BCUT2D eigenvalue weighted by atomic mass is 9.86. The number of hydrogen-bond donors (Lipinski definition) is 1. The minimum atomic E-state index is -0.482. The first-order valence-electron chi connectivity index (χ1n) is 10.2. The largest absolute Gasteiger partial charge is 0.366 e. The molecule has 4 nitrogen and oxygen atoms in total. The Balaban J connectivity index is 1.80. The standard InChI is InChI=1S/C26H26N2O2/c1-26(2)16-23(21-14-8-9-15-22(21)26)28(25(30)18-10-4-3-5-11-18)17-19-12-6-7-13-20(19)24(27)29/h3-15,23H,16-17H2,1-2H3,(H2,27,29)/t23-/m1/s1. The maximum Gasteiger partial charge on any atom is 0.254 e. The molecule has 4 heteroatoms. The van der Waals surface area contributed by atoms with Crippen LogP contribution in [0.3, 0.4) is 0 Å². The quantitative estimate of drug-likeness (QED) is 0.668. The van der Waals surface area contributed by atoms with Gasteiger partial charge in [0.1, 0.15) is 0 Å². The molecular weight excluding hydrogens is 372 g/mol. The zero-order valence-electron chi connectivity index (χ0n) is 17.3. The number of nitrogens with zero attached hydrogens (tertiary/aromatic N) is 1. The summed E-state index contributed by atoms with van der Waals surface area (Å²) >= 11 is 0. The number of nitrogens with two attached hydrogens (primary N) is 1. The van der Waals surface area contributed by atoms with Gasteiger partial charge in [0.15, 0.2) is 0 Å². The molecule has 3 aromatic carbocycles. The molecule has 0 bridgehead atoms. The predicted octanol–water partition coefficient (Wildman–Crippen LogP) is 4.85. The minimum Gasteiger partial charge on any atom is -0.366 e. The van der Waals surface area contributed by atoms with E-state index in [1.807, 2.05) is 53.4 Å². The van der Waals surface area contributed by atoms with Gasteiger partial charge in [0.05, 0.1) is 6.04 Å². The van der Waals surface area contributed by atoms with Crippen molar-refractivity contribution < 1.29 is 9.59 Å². The van der Waals surface area contributed by atoms with Crippen molar-refractivity contribution in [1.29, 1.82) is 0 Å². The molecule has 4 rings (SSSR count). The molecule has 1 aliphatic carbocycles. The van der Waals surface area contributed by atoms with Crippen LogP contribution in [-0.2, 0) is 12.0 Å². The van der Waals surface area contributed by atoms with E-state index in [9.17, 15) is 9.59 Å². The second-order valence-corrected chi connectivity index (χ2v) is 8.51. The van der Waals surface area contributed by atoms with E-state index < -0.39 is 5.91 Å². The number of carbonyl (C=O) groups excluding carboxylic acids is 2. The van der Waals surface area contributed by atoms with Crippen molar-refractivity contribution in [2.45, 2.75) is 38.3 Å². The van der Waals surface area contributed by atoms with Crippen molar-refractivity contribution in [3.63, 3.8) is 0 Å². The average molecular weight is 399 g/mol. The fourth-order valence-electron chi connectivity index (χ4n) is 4.54. The molecule has 152 valence electrons. The third-order valence-corrected chi connectivity index (χ3v) is 6.03. The molecule has 2 amide bonds. The highest BCUT2D eigenvalue weighted by Gasteiger charge is 2.41. The van der Waals surface area contributed by atoms with E-state index >= 15 is 0 Å². The Morgan fingerprint density at radius 2 is 1.57 bits per heavy atom. The second-order valence-electron chi connectivity index (χ2n) is 8.51. The fraction of sp³-hybridized carbons (Fsp3) is 0.231. The van der Waals surface area contributed by atoms with Gasteiger partial charge in [-0.2, -0.15) is 0 Å². The monoisotopic (exact) mass is 398 g/mol. The summed E-state index contributed by atoms with van der Waals surface area (Å²) in [5, 5.41) is 0. The smallest absolute Gasteiger partial charge is 0.254 e. The molecule has 2 N–H and O–H groups in total. The summed E-state index contributed by atoms with van der Waals surface area (Å²) in [6, 6.07) is 24.8. The van der Waals surface area contributed by atoms with Gasteiger partial charge in [-0.15, -0.1) is 0 Å². The zero-order chi connectivity index (χ0) is 21.3. The maximum atomic E-state index is 13.6. The summed E-state index contributed by atoms with van der Waals surface area (Å²) in [6.07, 6.45) is 0.823. The van der Waals surface area contributed by atoms with Gasteiger partial charge in [0.25, 0.3) is 5.91 Å². The van der Waals surface area contributed by atoms with E-state index in [0.29, 0.717) is 17.7 Å². The molecule has 0 saturated carbocycles. The highest BCUT2D eigenvalue weighted by Crippen LogP contribution is 2.47. The molecule has 0 spiro atoms. The van der Waals surface area contributed by atoms with Crippen LogP contribution in [0.5, 0.6) is 0 Å². The molecular formula is C26H26N2O2. The Morgan fingerprint density at radius 3 is 2.30 bits per heavy atom. The van der Waals surface area contributed by atoms with Crippen LogP contribution in [-0.4, -0.2) is 16.7 Å². The van der Waals surface area contributed by atoms with E-state index in [2.05, 4.69) is 32.0 Å². The number of hydrogen-bond acceptors (Lipinski definition) is 2. The molecule has 0 unspecified atom stereocenters. The minimum absolute atomic E-state index is 0.0420. The van der Waals surface area contributed by atoms with Gasteiger partial charge in [-0.1, -0.05) is 74.5 Å². The van der Waals surface area contributed by atoms with Crippen LogP contribution in [0.2, 0.25) is 0 Å². The van der Waals surface area contributed by atoms with Crippen LogP contribution in [0, 0.1) is 0 Å². The number of benzene rings is 3. The van der Waals surface area contributed by atoms with Crippen LogP contribution in [0.15, 0.2) is 78.9 Å². The summed E-state index contributed by atoms with van der Waals surface area (Å²) < 4.78 is 0. The van der Waals surface area contributed by atoms with Crippen LogP contribution in [0.1, 0.15) is 63.7 Å². The lowest BCUT2D eigenvalue weighted by Gasteiger charge is -2.31. The number of amides is 2. The van der Waals surface area contributed by atoms with Crippen molar-refractivity contribution >= 4 is 11.8 Å². The van der Waals surface area contributed by atoms with Crippen molar-refractivity contribution in [2.24, 2.45) is 5.73 Å². The first-order chi connectivity index (χ1) is 14.4. The number of carbonyl (C=O) groups is 2. The first-order valence-corrected chi connectivity index (χ1v) is 10.2. The summed E-state index contributed by atoms with van der Waals surface area (Å²) in [7, 11) is 0. The molecule has 0 saturated heterocycles. The molecule has 0 heterocycles. The fourth-order valence-corrected chi connectivity index (χ4v) is 4.54. The van der Waals surface area contributed by atoms with E-state index in [0.717, 1.165) is 12.0 Å². The lowest BCUT2D eigenvalue weighted by molar-refractivity contribution is 0.0643. The zero-order valence-corrected chi connectivity index (χ0v) is 17.3. The topological polar surface area (TPSA) is 63.4 Å². The Morgan fingerprint density at radius 1 is 0.933 bits per heavy atom. The number of primary amides is 1. The molecule has 0 fully saturated rings. The Kier molecular flexibility index (Phi) is 5.17.